The molecule has 2 aromatic rings. The molecular formula is C16H17N3O5. The zero-order valence-corrected chi connectivity index (χ0v) is 13.3. The molecule has 0 saturated heterocycles. The Labute approximate surface area is 137 Å². The highest BCUT2D eigenvalue weighted by molar-refractivity contribution is 5.99. The molecule has 1 heterocycles. The van der Waals surface area contributed by atoms with Crippen molar-refractivity contribution < 1.29 is 24.0 Å². The van der Waals surface area contributed by atoms with Gasteiger partial charge in [-0.2, -0.15) is 0 Å². The quantitative estimate of drug-likeness (QED) is 0.748. The first kappa shape index (κ1) is 17.2. The fourth-order valence-electron chi connectivity index (χ4n) is 2.05. The van der Waals surface area contributed by atoms with E-state index in [2.05, 4.69) is 15.8 Å². The van der Waals surface area contributed by atoms with Crippen LogP contribution < -0.4 is 10.6 Å². The van der Waals surface area contributed by atoms with Crippen molar-refractivity contribution in [2.45, 2.75) is 26.7 Å². The van der Waals surface area contributed by atoms with Gasteiger partial charge in [0.2, 0.25) is 11.8 Å². The number of aromatic carboxylic acids is 1. The largest absolute Gasteiger partial charge is 0.476 e. The number of amides is 2. The Morgan fingerprint density at radius 3 is 2.50 bits per heavy atom. The summed E-state index contributed by atoms with van der Waals surface area (Å²) in [6, 6.07) is 6.10. The second-order valence-electron chi connectivity index (χ2n) is 5.12. The molecule has 0 fully saturated rings. The van der Waals surface area contributed by atoms with Crippen LogP contribution in [0.3, 0.4) is 0 Å². The van der Waals surface area contributed by atoms with Crippen LogP contribution in [0.5, 0.6) is 0 Å². The number of hydrogen-bond acceptors (Lipinski definition) is 5. The number of nitrogens with zero attached hydrogens (tertiary/aromatic N) is 1. The molecule has 8 nitrogen and oxygen atoms in total. The summed E-state index contributed by atoms with van der Waals surface area (Å²) in [4.78, 5) is 34.0. The molecule has 126 valence electrons. The Bertz CT molecular complexity index is 782. The van der Waals surface area contributed by atoms with E-state index in [-0.39, 0.29) is 23.3 Å². The highest BCUT2D eigenvalue weighted by Gasteiger charge is 2.15. The van der Waals surface area contributed by atoms with Crippen LogP contribution in [0.1, 0.15) is 37.2 Å². The molecule has 0 bridgehead atoms. The van der Waals surface area contributed by atoms with Crippen LogP contribution in [0.25, 0.3) is 11.3 Å². The van der Waals surface area contributed by atoms with Gasteiger partial charge in [-0.25, -0.2) is 4.79 Å². The first-order valence-corrected chi connectivity index (χ1v) is 7.32. The molecule has 0 saturated carbocycles. The van der Waals surface area contributed by atoms with Crippen LogP contribution >= 0.6 is 0 Å². The van der Waals surface area contributed by atoms with Crippen molar-refractivity contribution >= 4 is 29.2 Å². The van der Waals surface area contributed by atoms with Gasteiger partial charge in [-0.1, -0.05) is 12.1 Å². The second-order valence-corrected chi connectivity index (χ2v) is 5.12. The van der Waals surface area contributed by atoms with E-state index in [0.717, 1.165) is 0 Å². The highest BCUT2D eigenvalue weighted by atomic mass is 16.5. The summed E-state index contributed by atoms with van der Waals surface area (Å²) in [5, 5.41) is 17.7. The van der Waals surface area contributed by atoms with Gasteiger partial charge in [0.1, 0.15) is 0 Å². The van der Waals surface area contributed by atoms with Crippen LogP contribution in [0.2, 0.25) is 0 Å². The predicted molar refractivity (Wildman–Crippen MR) is 86.7 cm³/mol. The molecule has 3 N–H and O–H groups in total. The second kappa shape index (κ2) is 7.40. The lowest BCUT2D eigenvalue weighted by atomic mass is 10.1. The number of rotatable bonds is 6. The first-order valence-electron chi connectivity index (χ1n) is 7.32. The maximum absolute atomic E-state index is 11.9. The number of carbonyl (C=O) groups excluding carboxylic acids is 2. The van der Waals surface area contributed by atoms with E-state index in [9.17, 15) is 14.4 Å². The molecule has 24 heavy (non-hydrogen) atoms. The van der Waals surface area contributed by atoms with Crippen molar-refractivity contribution in [3.63, 3.8) is 0 Å². The van der Waals surface area contributed by atoms with E-state index >= 15 is 0 Å². The summed E-state index contributed by atoms with van der Waals surface area (Å²) < 4.78 is 5.01. The number of hydrogen-bond donors (Lipinski definition) is 3. The van der Waals surface area contributed by atoms with Crippen molar-refractivity contribution in [1.82, 2.24) is 5.16 Å². The highest BCUT2D eigenvalue weighted by Crippen LogP contribution is 2.30. The number of carboxylic acid groups (broad SMARTS) is 1. The molecule has 0 spiro atoms. The molecule has 0 aliphatic rings. The third-order valence-corrected chi connectivity index (χ3v) is 3.10. The molecule has 2 rings (SSSR count). The lowest BCUT2D eigenvalue weighted by Gasteiger charge is -2.12. The first-order chi connectivity index (χ1) is 11.4. The number of anilines is 2. The minimum Gasteiger partial charge on any atom is -0.476 e. The Morgan fingerprint density at radius 2 is 1.92 bits per heavy atom. The van der Waals surface area contributed by atoms with Gasteiger partial charge >= 0.3 is 5.97 Å². The van der Waals surface area contributed by atoms with Gasteiger partial charge < -0.3 is 20.3 Å². The maximum atomic E-state index is 11.9. The van der Waals surface area contributed by atoms with E-state index in [4.69, 9.17) is 9.63 Å². The van der Waals surface area contributed by atoms with Crippen molar-refractivity contribution in [2.24, 2.45) is 0 Å². The van der Waals surface area contributed by atoms with E-state index in [0.29, 0.717) is 29.8 Å². The van der Waals surface area contributed by atoms with Crippen molar-refractivity contribution in [3.8, 4) is 11.3 Å². The van der Waals surface area contributed by atoms with Crippen molar-refractivity contribution in [3.05, 3.63) is 30.0 Å². The van der Waals surface area contributed by atoms with E-state index < -0.39 is 5.97 Å². The summed E-state index contributed by atoms with van der Waals surface area (Å²) >= 11 is 0. The number of aromatic nitrogens is 1. The fourth-order valence-corrected chi connectivity index (χ4v) is 2.05. The van der Waals surface area contributed by atoms with E-state index in [1.165, 1.54) is 13.0 Å². The van der Waals surface area contributed by atoms with Gasteiger partial charge in [-0.05, 0) is 24.6 Å². The Kier molecular flexibility index (Phi) is 5.31. The summed E-state index contributed by atoms with van der Waals surface area (Å²) in [6.07, 6.45) is 1.03. The number of carbonyl (C=O) groups is 3. The maximum Gasteiger partial charge on any atom is 0.358 e. The van der Waals surface area contributed by atoms with Crippen LogP contribution in [-0.2, 0) is 9.59 Å². The smallest absolute Gasteiger partial charge is 0.358 e. The third-order valence-electron chi connectivity index (χ3n) is 3.10. The molecule has 2 amide bonds. The Hall–Kier alpha value is -3.16. The van der Waals surface area contributed by atoms with Crippen molar-refractivity contribution in [2.75, 3.05) is 10.6 Å². The normalized spacial score (nSPS) is 10.2. The monoisotopic (exact) mass is 331 g/mol. The average molecular weight is 331 g/mol. The number of carboxylic acids is 1. The van der Waals surface area contributed by atoms with Gasteiger partial charge in [0.05, 0.1) is 11.4 Å². The molecule has 0 aliphatic carbocycles. The topological polar surface area (TPSA) is 122 Å². The van der Waals surface area contributed by atoms with Gasteiger partial charge in [0.15, 0.2) is 11.5 Å². The zero-order valence-electron chi connectivity index (χ0n) is 13.3. The predicted octanol–water partition coefficient (Wildman–Crippen LogP) is 2.74. The van der Waals surface area contributed by atoms with Gasteiger partial charge in [0, 0.05) is 25.0 Å². The Balaban J connectivity index is 2.37. The van der Waals surface area contributed by atoms with E-state index in [1.807, 2.05) is 6.92 Å². The molecule has 0 atom stereocenters. The molecule has 0 aliphatic heterocycles. The number of nitrogens with one attached hydrogen (secondary N) is 2. The molecular weight excluding hydrogens is 314 g/mol. The molecule has 1 aromatic carbocycles. The van der Waals surface area contributed by atoms with Crippen LogP contribution in [0.15, 0.2) is 28.8 Å². The summed E-state index contributed by atoms with van der Waals surface area (Å²) in [5.41, 5.74) is 1.14. The van der Waals surface area contributed by atoms with E-state index in [1.54, 1.807) is 18.2 Å². The van der Waals surface area contributed by atoms with Crippen molar-refractivity contribution in [1.29, 1.82) is 0 Å². The molecule has 1 aromatic heterocycles. The number of benzene rings is 1. The van der Waals surface area contributed by atoms with Gasteiger partial charge in [-0.15, -0.1) is 0 Å². The Morgan fingerprint density at radius 1 is 1.17 bits per heavy atom. The molecule has 0 radical (unpaired) electrons. The third kappa shape index (κ3) is 4.19. The SMILES string of the molecule is CCCC(=O)Nc1cc(-c2cc(C(=O)O)no2)ccc1NC(C)=O. The average Bonchev–Trinajstić information content (AvgIpc) is 2.99. The van der Waals surface area contributed by atoms with Crippen LogP contribution in [0, 0.1) is 0 Å². The fraction of sp³-hybridized carbons (Fsp3) is 0.250. The molecule has 0 unspecified atom stereocenters. The van der Waals surface area contributed by atoms with Gasteiger partial charge in [-0.3, -0.25) is 9.59 Å². The standard InChI is InChI=1S/C16H17N3O5/c1-3-4-15(21)18-12-7-10(5-6-11(12)17-9(2)20)14-8-13(16(22)23)19-24-14/h5-8H,3-4H2,1-2H3,(H,17,20)(H,18,21)(H,22,23). The van der Waals surface area contributed by atoms with Crippen LogP contribution in [0.4, 0.5) is 11.4 Å². The van der Waals surface area contributed by atoms with Gasteiger partial charge in [0.25, 0.3) is 0 Å². The summed E-state index contributed by atoms with van der Waals surface area (Å²) in [7, 11) is 0. The lowest BCUT2D eigenvalue weighted by Crippen LogP contribution is -2.14. The van der Waals surface area contributed by atoms with Crippen LogP contribution in [-0.4, -0.2) is 28.0 Å². The molecule has 8 heteroatoms. The minimum atomic E-state index is -1.20. The minimum absolute atomic E-state index is 0.190. The zero-order chi connectivity index (χ0) is 17.7. The lowest BCUT2D eigenvalue weighted by molar-refractivity contribution is -0.116. The summed E-state index contributed by atoms with van der Waals surface area (Å²) in [6.45, 7) is 3.24. The summed E-state index contributed by atoms with van der Waals surface area (Å²) in [5.74, 6) is -1.42.